The van der Waals surface area contributed by atoms with Gasteiger partial charge in [-0.05, 0) is 46.9 Å². The molecule has 0 atom stereocenters. The Bertz CT molecular complexity index is 901. The van der Waals surface area contributed by atoms with Crippen molar-refractivity contribution in [3.8, 4) is 28.0 Å². The normalized spacial score (nSPS) is 10.6. The number of carboxylic acids is 1. The largest absolute Gasteiger partial charge is 0.494 e. The van der Waals surface area contributed by atoms with Crippen LogP contribution in [0.3, 0.4) is 0 Å². The van der Waals surface area contributed by atoms with Crippen LogP contribution < -0.4 is 4.74 Å². The monoisotopic (exact) mass is 360 g/mol. The fraction of sp³-hybridized carbons (Fsp3) is 0.208. The Morgan fingerprint density at radius 1 is 0.852 bits per heavy atom. The molecular weight excluding hydrogens is 336 g/mol. The van der Waals surface area contributed by atoms with Gasteiger partial charge in [0.15, 0.2) is 0 Å². The minimum atomic E-state index is -0.952. The Morgan fingerprint density at radius 3 is 2.26 bits per heavy atom. The maximum Gasteiger partial charge on any atom is 0.336 e. The predicted molar refractivity (Wildman–Crippen MR) is 109 cm³/mol. The average molecular weight is 360 g/mol. The van der Waals surface area contributed by atoms with Crippen LogP contribution in [-0.2, 0) is 0 Å². The molecule has 0 spiro atoms. The van der Waals surface area contributed by atoms with Crippen molar-refractivity contribution in [2.75, 3.05) is 6.61 Å². The van der Waals surface area contributed by atoms with Crippen molar-refractivity contribution >= 4 is 5.97 Å². The molecule has 3 nitrogen and oxygen atoms in total. The van der Waals surface area contributed by atoms with E-state index in [1.165, 1.54) is 0 Å². The number of ether oxygens (including phenoxy) is 1. The van der Waals surface area contributed by atoms with Gasteiger partial charge in [-0.1, -0.05) is 74.4 Å². The number of carboxylic acid groups (broad SMARTS) is 1. The number of hydrogen-bond acceptors (Lipinski definition) is 2. The highest BCUT2D eigenvalue weighted by atomic mass is 16.5. The van der Waals surface area contributed by atoms with Crippen molar-refractivity contribution in [2.45, 2.75) is 26.2 Å². The second kappa shape index (κ2) is 9.04. The topological polar surface area (TPSA) is 46.5 Å². The number of carbonyl (C=O) groups is 1. The zero-order valence-corrected chi connectivity index (χ0v) is 15.5. The third-order valence-corrected chi connectivity index (χ3v) is 4.54. The van der Waals surface area contributed by atoms with Crippen molar-refractivity contribution in [2.24, 2.45) is 0 Å². The molecule has 0 fully saturated rings. The molecule has 0 unspecified atom stereocenters. The zero-order chi connectivity index (χ0) is 19.1. The highest BCUT2D eigenvalue weighted by molar-refractivity contribution is 5.99. The molecule has 0 aromatic heterocycles. The van der Waals surface area contributed by atoms with Gasteiger partial charge in [-0.15, -0.1) is 0 Å². The Morgan fingerprint density at radius 2 is 1.56 bits per heavy atom. The summed E-state index contributed by atoms with van der Waals surface area (Å²) in [6.45, 7) is 2.74. The van der Waals surface area contributed by atoms with E-state index in [0.717, 1.165) is 36.0 Å². The van der Waals surface area contributed by atoms with Crippen molar-refractivity contribution in [3.63, 3.8) is 0 Å². The van der Waals surface area contributed by atoms with Crippen molar-refractivity contribution in [1.29, 1.82) is 0 Å². The van der Waals surface area contributed by atoms with E-state index in [4.69, 9.17) is 4.74 Å². The Kier molecular flexibility index (Phi) is 6.26. The molecule has 0 bridgehead atoms. The van der Waals surface area contributed by atoms with Gasteiger partial charge in [0.1, 0.15) is 5.75 Å². The number of aromatic carboxylic acids is 1. The van der Waals surface area contributed by atoms with Gasteiger partial charge in [0, 0.05) is 0 Å². The zero-order valence-electron chi connectivity index (χ0n) is 15.5. The minimum absolute atomic E-state index is 0.256. The fourth-order valence-electron chi connectivity index (χ4n) is 3.15. The van der Waals surface area contributed by atoms with Gasteiger partial charge in [0.2, 0.25) is 0 Å². The molecule has 3 rings (SSSR count). The number of hydrogen-bond donors (Lipinski definition) is 1. The fourth-order valence-corrected chi connectivity index (χ4v) is 3.15. The lowest BCUT2D eigenvalue weighted by atomic mass is 9.92. The van der Waals surface area contributed by atoms with Gasteiger partial charge in [-0.25, -0.2) is 4.79 Å². The highest BCUT2D eigenvalue weighted by Crippen LogP contribution is 2.35. The number of rotatable bonds is 8. The molecule has 0 saturated heterocycles. The third kappa shape index (κ3) is 4.56. The van der Waals surface area contributed by atoms with Crippen LogP contribution in [-0.4, -0.2) is 17.7 Å². The van der Waals surface area contributed by atoms with E-state index in [2.05, 4.69) is 6.92 Å². The second-order valence-electron chi connectivity index (χ2n) is 6.48. The van der Waals surface area contributed by atoms with E-state index < -0.39 is 5.97 Å². The van der Waals surface area contributed by atoms with E-state index in [9.17, 15) is 9.90 Å². The summed E-state index contributed by atoms with van der Waals surface area (Å²) in [5, 5.41) is 9.77. The number of unbranched alkanes of at least 4 members (excludes halogenated alkanes) is 2. The average Bonchev–Trinajstić information content (AvgIpc) is 2.72. The summed E-state index contributed by atoms with van der Waals surface area (Å²) in [7, 11) is 0. The molecule has 0 amide bonds. The quantitative estimate of drug-likeness (QED) is 0.480. The Balaban J connectivity index is 1.99. The maximum absolute atomic E-state index is 11.9. The van der Waals surface area contributed by atoms with E-state index >= 15 is 0 Å². The summed E-state index contributed by atoms with van der Waals surface area (Å²) in [6, 6.07) is 23.2. The first-order chi connectivity index (χ1) is 13.2. The van der Waals surface area contributed by atoms with Gasteiger partial charge in [-0.2, -0.15) is 0 Å². The van der Waals surface area contributed by atoms with Gasteiger partial charge >= 0.3 is 5.97 Å². The Labute approximate surface area is 160 Å². The second-order valence-corrected chi connectivity index (χ2v) is 6.48. The first-order valence-electron chi connectivity index (χ1n) is 9.35. The van der Waals surface area contributed by atoms with Gasteiger partial charge < -0.3 is 9.84 Å². The molecular formula is C24H24O3. The first-order valence-corrected chi connectivity index (χ1v) is 9.35. The molecule has 3 aromatic carbocycles. The van der Waals surface area contributed by atoms with Crippen LogP contribution in [0.5, 0.6) is 5.75 Å². The van der Waals surface area contributed by atoms with Crippen molar-refractivity contribution in [3.05, 3.63) is 78.4 Å². The summed E-state index contributed by atoms with van der Waals surface area (Å²) >= 11 is 0. The molecule has 3 aromatic rings. The van der Waals surface area contributed by atoms with Crippen molar-refractivity contribution in [1.82, 2.24) is 0 Å². The predicted octanol–water partition coefficient (Wildman–Crippen LogP) is 6.29. The lowest BCUT2D eigenvalue weighted by Crippen LogP contribution is -2.03. The maximum atomic E-state index is 11.9. The SMILES string of the molecule is CCCCCOc1ccc(-c2ccccc2-c2ccccc2)c(C(=O)O)c1. The summed E-state index contributed by atoms with van der Waals surface area (Å²) < 4.78 is 5.74. The van der Waals surface area contributed by atoms with Crippen LogP contribution in [0, 0.1) is 0 Å². The molecule has 0 saturated carbocycles. The summed E-state index contributed by atoms with van der Waals surface area (Å²) in [5.41, 5.74) is 3.93. The van der Waals surface area contributed by atoms with Crippen LogP contribution in [0.25, 0.3) is 22.3 Å². The van der Waals surface area contributed by atoms with Crippen LogP contribution in [0.15, 0.2) is 72.8 Å². The molecule has 1 N–H and O–H groups in total. The molecule has 0 heterocycles. The van der Waals surface area contributed by atoms with E-state index in [0.29, 0.717) is 17.9 Å². The van der Waals surface area contributed by atoms with Crippen LogP contribution in [0.2, 0.25) is 0 Å². The van der Waals surface area contributed by atoms with Gasteiger partial charge in [-0.3, -0.25) is 0 Å². The van der Waals surface area contributed by atoms with Crippen LogP contribution in [0.1, 0.15) is 36.5 Å². The first kappa shape index (κ1) is 18.7. The van der Waals surface area contributed by atoms with Gasteiger partial charge in [0.25, 0.3) is 0 Å². The molecule has 0 radical (unpaired) electrons. The molecule has 0 aliphatic heterocycles. The lowest BCUT2D eigenvalue weighted by molar-refractivity contribution is 0.0697. The standard InChI is InChI=1S/C24H24O3/c1-2-3-9-16-27-19-14-15-22(23(17-19)24(25)26)21-13-8-7-12-20(21)18-10-5-4-6-11-18/h4-8,10-15,17H,2-3,9,16H2,1H3,(H,25,26). The summed E-state index contributed by atoms with van der Waals surface area (Å²) in [4.78, 5) is 11.9. The highest BCUT2D eigenvalue weighted by Gasteiger charge is 2.16. The van der Waals surface area contributed by atoms with E-state index in [-0.39, 0.29) is 5.56 Å². The van der Waals surface area contributed by atoms with Crippen LogP contribution in [0.4, 0.5) is 0 Å². The molecule has 0 aliphatic rings. The summed E-state index contributed by atoms with van der Waals surface area (Å²) in [6.07, 6.45) is 3.20. The lowest BCUT2D eigenvalue weighted by Gasteiger charge is -2.14. The molecule has 3 heteroatoms. The third-order valence-electron chi connectivity index (χ3n) is 4.54. The van der Waals surface area contributed by atoms with Crippen LogP contribution >= 0.6 is 0 Å². The Hall–Kier alpha value is -3.07. The summed E-state index contributed by atoms with van der Waals surface area (Å²) in [5.74, 6) is -0.351. The minimum Gasteiger partial charge on any atom is -0.494 e. The number of benzene rings is 3. The van der Waals surface area contributed by atoms with E-state index in [1.807, 2.05) is 66.7 Å². The molecule has 0 aliphatic carbocycles. The molecule has 138 valence electrons. The molecule has 27 heavy (non-hydrogen) atoms. The van der Waals surface area contributed by atoms with Crippen molar-refractivity contribution < 1.29 is 14.6 Å². The van der Waals surface area contributed by atoms with E-state index in [1.54, 1.807) is 6.07 Å². The smallest absolute Gasteiger partial charge is 0.336 e. The van der Waals surface area contributed by atoms with Gasteiger partial charge in [0.05, 0.1) is 12.2 Å².